The van der Waals surface area contributed by atoms with Crippen molar-refractivity contribution in [1.82, 2.24) is 0 Å². The average molecular weight is 516 g/mol. The molecule has 0 amide bonds. The molecular weight excluding hydrogens is 501 g/mol. The molecule has 2 aliphatic carbocycles. The minimum absolute atomic E-state index is 0.590. The van der Waals surface area contributed by atoms with Crippen LogP contribution in [-0.4, -0.2) is 0 Å². The van der Waals surface area contributed by atoms with Crippen LogP contribution in [-0.2, 0) is 21.1 Å². The van der Waals surface area contributed by atoms with Gasteiger partial charge in [-0.25, -0.2) is 0 Å². The fourth-order valence-electron chi connectivity index (χ4n) is 3.44. The second-order valence-electron chi connectivity index (χ2n) is 6.86. The second-order valence-corrected chi connectivity index (χ2v) is 14.7. The monoisotopic (exact) mass is 514 g/mol. The van der Waals surface area contributed by atoms with Gasteiger partial charge in [-0.05, 0) is 0 Å². The summed E-state index contributed by atoms with van der Waals surface area (Å²) in [7, 11) is 0. The quantitative estimate of drug-likeness (QED) is 0.312. The van der Waals surface area contributed by atoms with E-state index in [2.05, 4.69) is 0 Å². The molecule has 0 saturated carbocycles. The minimum atomic E-state index is -5.25. The molecule has 0 spiro atoms. The first-order chi connectivity index (χ1) is 14.8. The second kappa shape index (κ2) is 8.54. The van der Waals surface area contributed by atoms with Gasteiger partial charge < -0.3 is 0 Å². The third-order valence-corrected chi connectivity index (χ3v) is 14.0. The Balaban J connectivity index is 1.92. The van der Waals surface area contributed by atoms with E-state index in [1.165, 1.54) is 0 Å². The standard InChI is InChI=1S/2C6H3F3O.2C5H5.Zr/c2*7-3-1-2-4(8)6(10)5(3)9;2*1-2-4-5-3-1;/h2*1-2,10H;2*1-5H;/q;;;;+2/p-2. The van der Waals surface area contributed by atoms with E-state index in [1.807, 2.05) is 0 Å². The summed E-state index contributed by atoms with van der Waals surface area (Å²) in [5.74, 6) is -10.4. The normalized spacial score (nSPS) is 15.9. The fourth-order valence-corrected chi connectivity index (χ4v) is 12.2. The van der Waals surface area contributed by atoms with Gasteiger partial charge in [0.25, 0.3) is 0 Å². The van der Waals surface area contributed by atoms with Crippen molar-refractivity contribution in [3.05, 3.63) is 108 Å². The molecule has 9 heteroatoms. The Morgan fingerprint density at radius 2 is 0.839 bits per heavy atom. The number of rotatable bonds is 6. The van der Waals surface area contributed by atoms with Crippen molar-refractivity contribution in [1.29, 1.82) is 0 Å². The van der Waals surface area contributed by atoms with Crippen molar-refractivity contribution in [2.75, 3.05) is 0 Å². The molecule has 0 aliphatic heterocycles. The first-order valence-corrected chi connectivity index (χ1v) is 14.0. The molecule has 2 aliphatic rings. The summed E-state index contributed by atoms with van der Waals surface area (Å²) in [6, 6.07) is 2.53. The molecule has 0 N–H and O–H groups in total. The van der Waals surface area contributed by atoms with Gasteiger partial charge >= 0.3 is 180 Å². The molecule has 0 bridgehead atoms. The third kappa shape index (κ3) is 3.91. The zero-order chi connectivity index (χ0) is 22.2. The Hall–Kier alpha value is -2.54. The van der Waals surface area contributed by atoms with Crippen LogP contribution in [0.2, 0.25) is 7.25 Å². The Kier molecular flexibility index (Phi) is 5.97. The molecule has 0 atom stereocenters. The van der Waals surface area contributed by atoms with Crippen molar-refractivity contribution in [3.8, 4) is 11.5 Å². The summed E-state index contributed by atoms with van der Waals surface area (Å²) in [6.07, 6.45) is 12.8. The zero-order valence-electron chi connectivity index (χ0n) is 15.7. The van der Waals surface area contributed by atoms with Crippen LogP contribution in [0, 0.1) is 34.9 Å². The van der Waals surface area contributed by atoms with Crippen molar-refractivity contribution < 1.29 is 53.1 Å². The average Bonchev–Trinajstić information content (AvgIpc) is 3.48. The van der Waals surface area contributed by atoms with E-state index < -0.39 is 74.8 Å². The van der Waals surface area contributed by atoms with E-state index in [9.17, 15) is 26.3 Å². The Labute approximate surface area is 179 Å². The maximum absolute atomic E-state index is 14.5. The Bertz CT molecular complexity index is 1030. The molecule has 0 aromatic heterocycles. The van der Waals surface area contributed by atoms with Gasteiger partial charge in [0.15, 0.2) is 0 Å². The van der Waals surface area contributed by atoms with E-state index >= 15 is 0 Å². The molecule has 0 radical (unpaired) electrons. The first-order valence-electron chi connectivity index (χ1n) is 9.18. The number of allylic oxidation sites excluding steroid dienone is 8. The summed E-state index contributed by atoms with van der Waals surface area (Å²) in [4.78, 5) is 0. The topological polar surface area (TPSA) is 18.5 Å². The van der Waals surface area contributed by atoms with Gasteiger partial charge in [-0.15, -0.1) is 0 Å². The molecule has 31 heavy (non-hydrogen) atoms. The Morgan fingerprint density at radius 3 is 1.19 bits per heavy atom. The number of hydrogen-bond donors (Lipinski definition) is 0. The Morgan fingerprint density at radius 1 is 0.516 bits per heavy atom. The molecule has 0 saturated heterocycles. The molecular formula is C22H14F6O2Zr. The zero-order valence-corrected chi connectivity index (χ0v) is 18.1. The third-order valence-electron chi connectivity index (χ3n) is 4.95. The van der Waals surface area contributed by atoms with Crippen molar-refractivity contribution in [2.24, 2.45) is 0 Å². The predicted molar refractivity (Wildman–Crippen MR) is 97.9 cm³/mol. The van der Waals surface area contributed by atoms with E-state index in [-0.39, 0.29) is 0 Å². The number of halogens is 6. The van der Waals surface area contributed by atoms with Gasteiger partial charge in [0, 0.05) is 0 Å². The molecule has 2 aromatic rings. The van der Waals surface area contributed by atoms with Crippen LogP contribution in [0.3, 0.4) is 0 Å². The van der Waals surface area contributed by atoms with Gasteiger partial charge in [0.2, 0.25) is 0 Å². The number of hydrogen-bond acceptors (Lipinski definition) is 2. The van der Waals surface area contributed by atoms with Gasteiger partial charge in [-0.1, -0.05) is 0 Å². The molecule has 0 fully saturated rings. The summed E-state index contributed by atoms with van der Waals surface area (Å²) >= 11 is -5.25. The van der Waals surface area contributed by atoms with Crippen LogP contribution in [0.1, 0.15) is 0 Å². The van der Waals surface area contributed by atoms with Crippen molar-refractivity contribution in [2.45, 2.75) is 7.25 Å². The molecule has 4 rings (SSSR count). The first kappa shape index (κ1) is 21.7. The van der Waals surface area contributed by atoms with Crippen molar-refractivity contribution in [3.63, 3.8) is 0 Å². The molecule has 2 aromatic carbocycles. The van der Waals surface area contributed by atoms with E-state index in [1.54, 1.807) is 48.6 Å². The summed E-state index contributed by atoms with van der Waals surface area (Å²) in [5, 5.41) is 0. The van der Waals surface area contributed by atoms with E-state index in [4.69, 9.17) is 5.63 Å². The van der Waals surface area contributed by atoms with Crippen LogP contribution in [0.5, 0.6) is 11.5 Å². The van der Waals surface area contributed by atoms with Gasteiger partial charge in [0.05, 0.1) is 0 Å². The van der Waals surface area contributed by atoms with Gasteiger partial charge in [-0.2, -0.15) is 0 Å². The molecule has 2 nitrogen and oxygen atoms in total. The van der Waals surface area contributed by atoms with E-state index in [0.717, 1.165) is 0 Å². The molecule has 0 heterocycles. The van der Waals surface area contributed by atoms with Crippen LogP contribution in [0.4, 0.5) is 26.3 Å². The SMILES string of the molecule is Fc1ccc(F)c([O][Zr]([O]c2c(F)ccc(F)c2F)([CH]2C=CC=C2)[CH]2C=CC=C2)c1F. The van der Waals surface area contributed by atoms with Crippen LogP contribution in [0.25, 0.3) is 0 Å². The summed E-state index contributed by atoms with van der Waals surface area (Å²) in [5.41, 5.74) is 0. The number of benzene rings is 2. The van der Waals surface area contributed by atoms with Crippen LogP contribution < -0.4 is 5.63 Å². The fraction of sp³-hybridized carbons (Fsp3) is 0.0909. The maximum atomic E-state index is 14.5. The van der Waals surface area contributed by atoms with Crippen molar-refractivity contribution >= 4 is 0 Å². The summed E-state index contributed by atoms with van der Waals surface area (Å²) < 4.78 is 95.7. The van der Waals surface area contributed by atoms with Gasteiger partial charge in [0.1, 0.15) is 0 Å². The van der Waals surface area contributed by atoms with Gasteiger partial charge in [-0.3, -0.25) is 0 Å². The molecule has 0 unspecified atom stereocenters. The van der Waals surface area contributed by atoms with E-state index in [0.29, 0.717) is 24.3 Å². The molecule has 160 valence electrons. The summed E-state index contributed by atoms with van der Waals surface area (Å²) in [6.45, 7) is 0. The van der Waals surface area contributed by atoms with Crippen LogP contribution >= 0.6 is 0 Å². The predicted octanol–water partition coefficient (Wildman–Crippen LogP) is 6.79. The van der Waals surface area contributed by atoms with Crippen LogP contribution in [0.15, 0.2) is 72.9 Å².